The van der Waals surface area contributed by atoms with Gasteiger partial charge in [-0.15, -0.1) is 0 Å². The Kier molecular flexibility index (Phi) is 3.51. The van der Waals surface area contributed by atoms with Crippen LogP contribution in [0.3, 0.4) is 0 Å². The van der Waals surface area contributed by atoms with E-state index in [1.807, 2.05) is 5.32 Å². The summed E-state index contributed by atoms with van der Waals surface area (Å²) in [5.41, 5.74) is -0.975. The van der Waals surface area contributed by atoms with E-state index in [4.69, 9.17) is 0 Å². The Morgan fingerprint density at radius 3 is 2.00 bits per heavy atom. The summed E-state index contributed by atoms with van der Waals surface area (Å²) in [6.07, 6.45) is -0.662. The fourth-order valence-electron chi connectivity index (χ4n) is 0.547. The molecule has 0 aliphatic carbocycles. The van der Waals surface area contributed by atoms with Crippen LogP contribution in [-0.4, -0.2) is 69.0 Å². The van der Waals surface area contributed by atoms with Crippen LogP contribution in [0.5, 0.6) is 0 Å². The number of alkyl carbamates (subject to hydrolysis) is 1. The van der Waals surface area contributed by atoms with Crippen LogP contribution >= 0.6 is 0 Å². The van der Waals surface area contributed by atoms with Gasteiger partial charge in [-0.2, -0.15) is 0 Å². The van der Waals surface area contributed by atoms with Gasteiger partial charge in [-0.3, -0.25) is 10.1 Å². The van der Waals surface area contributed by atoms with Gasteiger partial charge in [0.25, 0.3) is 5.91 Å². The quantitative estimate of drug-likeness (QED) is 0.492. The summed E-state index contributed by atoms with van der Waals surface area (Å²) in [4.78, 5) is 21.0. The van der Waals surface area contributed by atoms with E-state index in [-0.39, 0.29) is 57.3 Å². The van der Waals surface area contributed by atoms with Crippen LogP contribution in [0.25, 0.3) is 0 Å². The second-order valence-corrected chi connectivity index (χ2v) is 2.35. The van der Waals surface area contributed by atoms with Crippen LogP contribution in [0.2, 0.25) is 0 Å². The van der Waals surface area contributed by atoms with E-state index in [1.54, 1.807) is 0 Å². The average Bonchev–Trinajstić information content (AvgIpc) is 1.79. The molecule has 0 aromatic rings. The first kappa shape index (κ1) is 10.6. The number of imide groups is 1. The van der Waals surface area contributed by atoms with E-state index in [0.717, 1.165) is 0 Å². The molecule has 1 aliphatic rings. The van der Waals surface area contributed by atoms with Crippen molar-refractivity contribution in [3.8, 4) is 0 Å². The van der Waals surface area contributed by atoms with Crippen molar-refractivity contribution < 1.29 is 14.3 Å². The monoisotopic (exact) mass is 169 g/mol. The second kappa shape index (κ2) is 3.32. The molecule has 0 bridgehead atoms. The Morgan fingerprint density at radius 1 is 1.40 bits per heavy atom. The molecule has 0 radical (unpaired) electrons. The standard InChI is InChI=1S/C5H7NO3.K.H/c1-5(2)3(7)6-4(8)9-5;;/h1-2H3,(H,6,7,8);;. The normalized spacial score (nSPS) is 21.0. The van der Waals surface area contributed by atoms with Gasteiger partial charge in [0.05, 0.1) is 0 Å². The summed E-state index contributed by atoms with van der Waals surface area (Å²) in [5, 5.41) is 2.01. The fraction of sp³-hybridized carbons (Fsp3) is 0.600. The molecular formula is C5H8KNO3. The van der Waals surface area contributed by atoms with Gasteiger partial charge in [-0.1, -0.05) is 0 Å². The van der Waals surface area contributed by atoms with Crippen LogP contribution in [0.15, 0.2) is 0 Å². The number of amides is 2. The van der Waals surface area contributed by atoms with Crippen molar-refractivity contribution in [1.82, 2.24) is 5.32 Å². The minimum atomic E-state index is -0.975. The van der Waals surface area contributed by atoms with Gasteiger partial charge < -0.3 is 4.74 Å². The summed E-state index contributed by atoms with van der Waals surface area (Å²) >= 11 is 0. The van der Waals surface area contributed by atoms with Crippen LogP contribution < -0.4 is 5.32 Å². The van der Waals surface area contributed by atoms with E-state index >= 15 is 0 Å². The van der Waals surface area contributed by atoms with Crippen molar-refractivity contribution in [2.24, 2.45) is 0 Å². The molecule has 0 saturated carbocycles. The molecule has 4 nitrogen and oxygen atoms in total. The molecule has 1 aliphatic heterocycles. The maximum atomic E-state index is 10.6. The van der Waals surface area contributed by atoms with E-state index in [9.17, 15) is 9.59 Å². The Hall–Kier alpha value is 0.576. The van der Waals surface area contributed by atoms with E-state index in [0.29, 0.717) is 0 Å². The summed E-state index contributed by atoms with van der Waals surface area (Å²) in [7, 11) is 0. The number of rotatable bonds is 0. The van der Waals surface area contributed by atoms with Gasteiger partial charge in [0.15, 0.2) is 5.60 Å². The summed E-state index contributed by atoms with van der Waals surface area (Å²) < 4.78 is 4.56. The fourth-order valence-corrected chi connectivity index (χ4v) is 0.547. The van der Waals surface area contributed by atoms with Gasteiger partial charge in [0.2, 0.25) is 0 Å². The summed E-state index contributed by atoms with van der Waals surface area (Å²) in [6, 6.07) is 0. The topological polar surface area (TPSA) is 55.4 Å². The van der Waals surface area contributed by atoms with E-state index in [2.05, 4.69) is 4.74 Å². The molecule has 2 amide bonds. The Labute approximate surface area is 101 Å². The third-order valence-electron chi connectivity index (χ3n) is 1.11. The molecule has 1 N–H and O–H groups in total. The average molecular weight is 169 g/mol. The first-order valence-corrected chi connectivity index (χ1v) is 2.57. The second-order valence-electron chi connectivity index (χ2n) is 2.35. The molecule has 1 saturated heterocycles. The van der Waals surface area contributed by atoms with E-state index in [1.165, 1.54) is 13.8 Å². The predicted octanol–water partition coefficient (Wildman–Crippen LogP) is -0.617. The van der Waals surface area contributed by atoms with Crippen molar-refractivity contribution in [1.29, 1.82) is 0 Å². The molecule has 0 spiro atoms. The molecule has 0 atom stereocenters. The van der Waals surface area contributed by atoms with E-state index < -0.39 is 11.7 Å². The first-order chi connectivity index (χ1) is 4.02. The van der Waals surface area contributed by atoms with Gasteiger partial charge in [0, 0.05) is 0 Å². The molecule has 0 unspecified atom stereocenters. The number of carbonyl (C=O) groups excluding carboxylic acids is 2. The zero-order valence-electron chi connectivity index (χ0n) is 5.22. The van der Waals surface area contributed by atoms with Gasteiger partial charge in [-0.25, -0.2) is 4.79 Å². The van der Waals surface area contributed by atoms with Crippen LogP contribution in [0.4, 0.5) is 4.79 Å². The van der Waals surface area contributed by atoms with Gasteiger partial charge in [-0.05, 0) is 13.8 Å². The first-order valence-electron chi connectivity index (χ1n) is 2.57. The summed E-state index contributed by atoms with van der Waals surface area (Å²) in [5.74, 6) is -0.382. The minimum absolute atomic E-state index is 0. The van der Waals surface area contributed by atoms with Gasteiger partial charge >= 0.3 is 57.5 Å². The molecule has 0 aromatic heterocycles. The molecule has 0 aromatic carbocycles. The number of carbonyl (C=O) groups is 2. The third kappa shape index (κ3) is 2.03. The Morgan fingerprint density at radius 2 is 1.90 bits per heavy atom. The number of nitrogens with one attached hydrogen (secondary N) is 1. The van der Waals surface area contributed by atoms with Crippen molar-refractivity contribution in [2.75, 3.05) is 0 Å². The zero-order chi connectivity index (χ0) is 7.07. The van der Waals surface area contributed by atoms with Crippen LogP contribution in [-0.2, 0) is 9.53 Å². The number of cyclic esters (lactones) is 1. The zero-order valence-corrected chi connectivity index (χ0v) is 5.22. The number of ether oxygens (including phenoxy) is 1. The molecule has 5 heteroatoms. The molecular weight excluding hydrogens is 161 g/mol. The molecule has 1 fully saturated rings. The third-order valence-corrected chi connectivity index (χ3v) is 1.11. The number of hydrogen-bond acceptors (Lipinski definition) is 3. The predicted molar refractivity (Wildman–Crippen MR) is 35.9 cm³/mol. The summed E-state index contributed by atoms with van der Waals surface area (Å²) in [6.45, 7) is 3.07. The van der Waals surface area contributed by atoms with Crippen molar-refractivity contribution in [2.45, 2.75) is 19.4 Å². The molecule has 1 heterocycles. The SMILES string of the molecule is CC1(C)OC(=O)NC1=O.[KH]. The van der Waals surface area contributed by atoms with Crippen molar-refractivity contribution in [3.05, 3.63) is 0 Å². The molecule has 10 heavy (non-hydrogen) atoms. The number of hydrogen-bond donors (Lipinski definition) is 1. The van der Waals surface area contributed by atoms with Crippen LogP contribution in [0.1, 0.15) is 13.8 Å². The Balaban J connectivity index is 0.000000810. The van der Waals surface area contributed by atoms with Crippen molar-refractivity contribution in [3.63, 3.8) is 0 Å². The maximum absolute atomic E-state index is 10.6. The molecule has 1 rings (SSSR count). The Bertz CT molecular complexity index is 178. The van der Waals surface area contributed by atoms with Crippen molar-refractivity contribution >= 4 is 63.4 Å². The van der Waals surface area contributed by atoms with Gasteiger partial charge in [0.1, 0.15) is 0 Å². The van der Waals surface area contributed by atoms with Crippen LogP contribution in [0, 0.1) is 0 Å². The molecule has 52 valence electrons.